The van der Waals surface area contributed by atoms with Gasteiger partial charge in [0.2, 0.25) is 0 Å². The molecule has 0 aliphatic rings. The van der Waals surface area contributed by atoms with Crippen molar-refractivity contribution in [1.29, 1.82) is 0 Å². The quantitative estimate of drug-likeness (QED) is 0.428. The fourth-order valence-electron chi connectivity index (χ4n) is 1.48. The maximum absolute atomic E-state index is 13.1. The lowest BCUT2D eigenvalue weighted by molar-refractivity contribution is -0.136. The van der Waals surface area contributed by atoms with E-state index in [2.05, 4.69) is 23.8 Å². The van der Waals surface area contributed by atoms with Crippen LogP contribution in [0.25, 0.3) is 0 Å². The Hall–Kier alpha value is -2.89. The van der Waals surface area contributed by atoms with Gasteiger partial charge in [-0.2, -0.15) is 0 Å². The Labute approximate surface area is 127 Å². The molecule has 3 N–H and O–H groups in total. The van der Waals surface area contributed by atoms with Gasteiger partial charge in [0.25, 0.3) is 0 Å². The molecule has 0 heterocycles. The largest absolute Gasteiger partial charge is 0.505 e. The summed E-state index contributed by atoms with van der Waals surface area (Å²) in [5, 5.41) is 13.7. The summed E-state index contributed by atoms with van der Waals surface area (Å²) < 4.78 is 13.1. The summed E-state index contributed by atoms with van der Waals surface area (Å²) in [7, 11) is 0. The molecule has 0 radical (unpaired) electrons. The van der Waals surface area contributed by atoms with Gasteiger partial charge in [0.15, 0.2) is 11.6 Å². The van der Waals surface area contributed by atoms with Gasteiger partial charge < -0.3 is 15.7 Å². The van der Waals surface area contributed by atoms with E-state index in [9.17, 15) is 14.0 Å². The smallest absolute Gasteiger partial charge is 0.313 e. The van der Waals surface area contributed by atoms with Crippen LogP contribution in [0.5, 0.6) is 5.75 Å². The molecule has 2 amide bonds. The molecular weight excluding hydrogens is 287 g/mol. The second kappa shape index (κ2) is 8.41. The molecule has 0 spiro atoms. The first-order valence-electron chi connectivity index (χ1n) is 6.48. The van der Waals surface area contributed by atoms with Crippen LogP contribution in [0, 0.1) is 5.82 Å². The molecule has 5 nitrogen and oxygen atoms in total. The SMILES string of the molecule is C=C/C=C\C(=C)CCNC(=O)C(=O)Nc1ccc(O)c(F)c1. The Bertz CT molecular complexity index is 624. The van der Waals surface area contributed by atoms with Gasteiger partial charge in [0.05, 0.1) is 0 Å². The number of hydrogen-bond acceptors (Lipinski definition) is 3. The van der Waals surface area contributed by atoms with E-state index in [0.29, 0.717) is 6.42 Å². The second-order valence-electron chi connectivity index (χ2n) is 4.38. The Morgan fingerprint density at radius 1 is 1.32 bits per heavy atom. The normalized spacial score (nSPS) is 10.2. The first-order chi connectivity index (χ1) is 10.4. The number of allylic oxidation sites excluding steroid dienone is 3. The fraction of sp³-hybridized carbons (Fsp3) is 0.125. The van der Waals surface area contributed by atoms with Crippen molar-refractivity contribution in [2.75, 3.05) is 11.9 Å². The minimum atomic E-state index is -0.919. The van der Waals surface area contributed by atoms with Gasteiger partial charge in [-0.15, -0.1) is 0 Å². The molecule has 0 fully saturated rings. The summed E-state index contributed by atoms with van der Waals surface area (Å²) in [4.78, 5) is 23.2. The predicted octanol–water partition coefficient (Wildman–Crippen LogP) is 2.27. The van der Waals surface area contributed by atoms with Gasteiger partial charge in [-0.25, -0.2) is 4.39 Å². The summed E-state index contributed by atoms with van der Waals surface area (Å²) in [5.74, 6) is -3.18. The zero-order valence-electron chi connectivity index (χ0n) is 11.9. The summed E-state index contributed by atoms with van der Waals surface area (Å²) in [6.45, 7) is 7.54. The molecule has 1 aromatic rings. The van der Waals surface area contributed by atoms with E-state index in [1.807, 2.05) is 0 Å². The maximum atomic E-state index is 13.1. The van der Waals surface area contributed by atoms with E-state index < -0.39 is 23.4 Å². The molecule has 0 saturated heterocycles. The van der Waals surface area contributed by atoms with Crippen LogP contribution >= 0.6 is 0 Å². The van der Waals surface area contributed by atoms with Crippen molar-refractivity contribution in [2.24, 2.45) is 0 Å². The van der Waals surface area contributed by atoms with Crippen molar-refractivity contribution in [3.8, 4) is 5.75 Å². The van der Waals surface area contributed by atoms with E-state index in [1.54, 1.807) is 18.2 Å². The number of rotatable bonds is 6. The lowest BCUT2D eigenvalue weighted by Crippen LogP contribution is -2.36. The summed E-state index contributed by atoms with van der Waals surface area (Å²) in [6.07, 6.45) is 5.56. The van der Waals surface area contributed by atoms with E-state index in [1.165, 1.54) is 6.07 Å². The summed E-state index contributed by atoms with van der Waals surface area (Å²) >= 11 is 0. The Morgan fingerprint density at radius 3 is 2.68 bits per heavy atom. The highest BCUT2D eigenvalue weighted by molar-refractivity contribution is 6.39. The van der Waals surface area contributed by atoms with Gasteiger partial charge in [-0.1, -0.05) is 37.0 Å². The lowest BCUT2D eigenvalue weighted by Gasteiger charge is -2.07. The number of nitrogens with one attached hydrogen (secondary N) is 2. The average molecular weight is 304 g/mol. The predicted molar refractivity (Wildman–Crippen MR) is 82.8 cm³/mol. The van der Waals surface area contributed by atoms with Gasteiger partial charge in [-0.3, -0.25) is 9.59 Å². The minimum absolute atomic E-state index is 0.0776. The van der Waals surface area contributed by atoms with Crippen LogP contribution in [0.15, 0.2) is 55.2 Å². The average Bonchev–Trinajstić information content (AvgIpc) is 2.48. The molecule has 22 heavy (non-hydrogen) atoms. The highest BCUT2D eigenvalue weighted by Gasteiger charge is 2.13. The number of anilines is 1. The van der Waals surface area contributed by atoms with Crippen LogP contribution in [0.3, 0.4) is 0 Å². The number of carbonyl (C=O) groups excluding carboxylic acids is 2. The van der Waals surface area contributed by atoms with Crippen LogP contribution in [-0.4, -0.2) is 23.5 Å². The third-order valence-electron chi connectivity index (χ3n) is 2.61. The van der Waals surface area contributed by atoms with Gasteiger partial charge in [0, 0.05) is 18.3 Å². The van der Waals surface area contributed by atoms with Crippen LogP contribution in [-0.2, 0) is 9.59 Å². The van der Waals surface area contributed by atoms with Gasteiger partial charge >= 0.3 is 11.8 Å². The minimum Gasteiger partial charge on any atom is -0.505 e. The first-order valence-corrected chi connectivity index (χ1v) is 6.48. The summed E-state index contributed by atoms with van der Waals surface area (Å²) in [5.41, 5.74) is 0.856. The molecule has 0 bridgehead atoms. The monoisotopic (exact) mass is 304 g/mol. The van der Waals surface area contributed by atoms with Crippen molar-refractivity contribution in [2.45, 2.75) is 6.42 Å². The molecule has 1 aromatic carbocycles. The third-order valence-corrected chi connectivity index (χ3v) is 2.61. The number of halogens is 1. The maximum Gasteiger partial charge on any atom is 0.313 e. The van der Waals surface area contributed by atoms with Crippen molar-refractivity contribution in [3.05, 3.63) is 61.0 Å². The number of phenols is 1. The first kappa shape index (κ1) is 17.2. The van der Waals surface area contributed by atoms with Crippen LogP contribution in [0.4, 0.5) is 10.1 Å². The number of benzene rings is 1. The number of phenolic OH excluding ortho intramolecular Hbond substituents is 1. The Morgan fingerprint density at radius 2 is 2.05 bits per heavy atom. The Kier molecular flexibility index (Phi) is 6.56. The number of carbonyl (C=O) groups is 2. The van der Waals surface area contributed by atoms with E-state index in [-0.39, 0.29) is 12.2 Å². The van der Waals surface area contributed by atoms with Crippen molar-refractivity contribution in [3.63, 3.8) is 0 Å². The molecule has 116 valence electrons. The molecular formula is C16H17FN2O3. The van der Waals surface area contributed by atoms with Crippen LogP contribution < -0.4 is 10.6 Å². The second-order valence-corrected chi connectivity index (χ2v) is 4.38. The zero-order valence-corrected chi connectivity index (χ0v) is 11.9. The van der Waals surface area contributed by atoms with Crippen molar-refractivity contribution >= 4 is 17.5 Å². The van der Waals surface area contributed by atoms with Crippen molar-refractivity contribution in [1.82, 2.24) is 5.32 Å². The Balaban J connectivity index is 2.43. The van der Waals surface area contributed by atoms with Crippen molar-refractivity contribution < 1.29 is 19.1 Å². The summed E-state index contributed by atoms with van der Waals surface area (Å²) in [6, 6.07) is 3.28. The van der Waals surface area contributed by atoms with E-state index >= 15 is 0 Å². The molecule has 0 unspecified atom stereocenters. The van der Waals surface area contributed by atoms with E-state index in [4.69, 9.17) is 5.11 Å². The number of hydrogen-bond donors (Lipinski definition) is 3. The molecule has 0 saturated carbocycles. The van der Waals surface area contributed by atoms with Crippen LogP contribution in [0.2, 0.25) is 0 Å². The topological polar surface area (TPSA) is 78.4 Å². The van der Waals surface area contributed by atoms with Crippen LogP contribution in [0.1, 0.15) is 6.42 Å². The van der Waals surface area contributed by atoms with Gasteiger partial charge in [-0.05, 0) is 18.6 Å². The highest BCUT2D eigenvalue weighted by atomic mass is 19.1. The fourth-order valence-corrected chi connectivity index (χ4v) is 1.48. The molecule has 0 atom stereocenters. The van der Waals surface area contributed by atoms with Gasteiger partial charge in [0.1, 0.15) is 0 Å². The molecule has 1 rings (SSSR count). The molecule has 0 aliphatic carbocycles. The molecule has 0 aromatic heterocycles. The van der Waals surface area contributed by atoms with E-state index in [0.717, 1.165) is 17.7 Å². The number of amides is 2. The molecule has 6 heteroatoms. The lowest BCUT2D eigenvalue weighted by atomic mass is 10.2. The highest BCUT2D eigenvalue weighted by Crippen LogP contribution is 2.19. The zero-order chi connectivity index (χ0) is 16.5. The third kappa shape index (κ3) is 5.62. The molecule has 0 aliphatic heterocycles. The standard InChI is InChI=1S/C16H17FN2O3/c1-3-4-5-11(2)8-9-18-15(21)16(22)19-12-6-7-14(20)13(17)10-12/h3-7,10,20H,1-2,8-9H2,(H,18,21)(H,19,22)/b5-4-. The number of aromatic hydroxyl groups is 1.